The minimum atomic E-state index is -0.654. The molecular weight excluding hydrogens is 660 g/mol. The van der Waals surface area contributed by atoms with E-state index in [-0.39, 0.29) is 30.2 Å². The number of carbonyl (C=O) groups excluding carboxylic acids is 4. The van der Waals surface area contributed by atoms with Gasteiger partial charge in [-0.25, -0.2) is 9.97 Å². The Balaban J connectivity index is 0.825. The van der Waals surface area contributed by atoms with E-state index in [1.165, 1.54) is 12.1 Å². The molecule has 1 aromatic carbocycles. The molecule has 3 fully saturated rings. The topological polar surface area (TPSA) is 153 Å². The van der Waals surface area contributed by atoms with Crippen molar-refractivity contribution in [1.29, 1.82) is 0 Å². The van der Waals surface area contributed by atoms with E-state index in [1.807, 2.05) is 24.3 Å². The number of anilines is 2. The second-order valence-corrected chi connectivity index (χ2v) is 13.9. The molecule has 3 aromatic heterocycles. The van der Waals surface area contributed by atoms with Crippen LogP contribution in [0.25, 0.3) is 17.0 Å². The number of hydrogen-bond donors (Lipinski definition) is 3. The normalized spacial score (nSPS) is 20.8. The highest BCUT2D eigenvalue weighted by Crippen LogP contribution is 2.33. The highest BCUT2D eigenvalue weighted by atomic mass is 16.5. The van der Waals surface area contributed by atoms with E-state index in [0.717, 1.165) is 66.7 Å². The van der Waals surface area contributed by atoms with E-state index in [9.17, 15) is 19.2 Å². The van der Waals surface area contributed by atoms with Gasteiger partial charge in [0, 0.05) is 80.0 Å². The molecule has 1 unspecified atom stereocenters. The van der Waals surface area contributed by atoms with Crippen molar-refractivity contribution in [3.05, 3.63) is 94.8 Å². The summed E-state index contributed by atoms with van der Waals surface area (Å²) in [6, 6.07) is 12.9. The van der Waals surface area contributed by atoms with Gasteiger partial charge in [-0.15, -0.1) is 0 Å². The summed E-state index contributed by atoms with van der Waals surface area (Å²) in [5.74, 6) is 0.0879. The van der Waals surface area contributed by atoms with Crippen LogP contribution in [0.3, 0.4) is 0 Å². The molecule has 52 heavy (non-hydrogen) atoms. The molecule has 3 saturated heterocycles. The predicted molar refractivity (Wildman–Crippen MR) is 194 cm³/mol. The number of H-pyrrole nitrogens is 1. The quantitative estimate of drug-likeness (QED) is 0.137. The highest BCUT2D eigenvalue weighted by molar-refractivity contribution is 6.06. The molecule has 0 spiro atoms. The number of piperidine rings is 2. The number of likely N-dealkylation sites (tertiary alicyclic amines) is 1. The fourth-order valence-corrected chi connectivity index (χ4v) is 7.72. The Morgan fingerprint density at radius 2 is 1.87 bits per heavy atom. The van der Waals surface area contributed by atoms with E-state index in [0.29, 0.717) is 36.0 Å². The molecule has 7 heterocycles. The molecule has 13 nitrogen and oxygen atoms in total. The second kappa shape index (κ2) is 14.1. The molecule has 0 bridgehead atoms. The lowest BCUT2D eigenvalue weighted by Crippen LogP contribution is -2.52. The van der Waals surface area contributed by atoms with Gasteiger partial charge in [-0.05, 0) is 74.3 Å². The van der Waals surface area contributed by atoms with Crippen LogP contribution in [0.5, 0.6) is 0 Å². The Kier molecular flexibility index (Phi) is 9.04. The summed E-state index contributed by atoms with van der Waals surface area (Å²) in [5.41, 5.74) is 7.91. The Hall–Kier alpha value is -5.78. The van der Waals surface area contributed by atoms with Gasteiger partial charge in [-0.2, -0.15) is 0 Å². The van der Waals surface area contributed by atoms with Gasteiger partial charge in [0.15, 0.2) is 0 Å². The Labute approximate surface area is 300 Å². The zero-order valence-electron chi connectivity index (χ0n) is 28.9. The minimum Gasteiger partial charge on any atom is -0.490 e. The van der Waals surface area contributed by atoms with E-state index >= 15 is 0 Å². The third-order valence-corrected chi connectivity index (χ3v) is 10.6. The van der Waals surface area contributed by atoms with E-state index in [1.54, 1.807) is 41.8 Å². The maximum absolute atomic E-state index is 13.1. The molecule has 4 aliphatic heterocycles. The molecule has 4 aromatic rings. The van der Waals surface area contributed by atoms with Crippen LogP contribution in [-0.2, 0) is 20.9 Å². The number of amides is 4. The number of aromatic amines is 1. The van der Waals surface area contributed by atoms with Gasteiger partial charge < -0.3 is 24.8 Å². The van der Waals surface area contributed by atoms with E-state index in [2.05, 4.69) is 54.2 Å². The number of ether oxygens (including phenoxy) is 1. The number of imide groups is 1. The van der Waals surface area contributed by atoms with Crippen LogP contribution < -0.4 is 15.5 Å². The molecule has 0 saturated carbocycles. The SMILES string of the molecule is CN1CCC[C@@H]1c1cc2cnc(NC(=O)c3ccc(N4CCC(OC=C=Cc5cccc6c5CN(C5CCC(=O)NC5=O)C6=O)CC4)nc3)cc2[nH]1. The molecule has 13 heteroatoms. The third kappa shape index (κ3) is 6.68. The number of hydrogen-bond acceptors (Lipinski definition) is 9. The first kappa shape index (κ1) is 33.4. The molecule has 4 aliphatic rings. The fraction of sp³-hybridized carbons (Fsp3) is 0.359. The average Bonchev–Trinajstić information content (AvgIpc) is 3.87. The number of pyridine rings is 2. The Morgan fingerprint density at radius 3 is 2.63 bits per heavy atom. The van der Waals surface area contributed by atoms with Crippen LogP contribution in [0.15, 0.2) is 66.9 Å². The van der Waals surface area contributed by atoms with Gasteiger partial charge in [0.05, 0.1) is 11.1 Å². The van der Waals surface area contributed by atoms with Gasteiger partial charge in [0.1, 0.15) is 30.0 Å². The molecule has 0 radical (unpaired) electrons. The van der Waals surface area contributed by atoms with Crippen molar-refractivity contribution in [2.24, 2.45) is 0 Å². The lowest BCUT2D eigenvalue weighted by atomic mass is 10.0. The van der Waals surface area contributed by atoms with Crippen molar-refractivity contribution in [3.8, 4) is 0 Å². The van der Waals surface area contributed by atoms with Crippen molar-refractivity contribution in [2.75, 3.05) is 36.9 Å². The Bertz CT molecular complexity index is 2110. The van der Waals surface area contributed by atoms with Crippen molar-refractivity contribution in [1.82, 2.24) is 30.1 Å². The lowest BCUT2D eigenvalue weighted by Gasteiger charge is -2.32. The van der Waals surface area contributed by atoms with Crippen LogP contribution in [0, 0.1) is 0 Å². The molecule has 266 valence electrons. The van der Waals surface area contributed by atoms with Crippen molar-refractivity contribution < 1.29 is 23.9 Å². The first-order chi connectivity index (χ1) is 25.3. The largest absolute Gasteiger partial charge is 0.490 e. The van der Waals surface area contributed by atoms with Crippen LogP contribution in [0.4, 0.5) is 11.6 Å². The van der Waals surface area contributed by atoms with Crippen molar-refractivity contribution >= 4 is 52.2 Å². The number of nitrogens with zero attached hydrogens (tertiary/aromatic N) is 5. The van der Waals surface area contributed by atoms with Gasteiger partial charge >= 0.3 is 0 Å². The number of carbonyl (C=O) groups is 4. The zero-order chi connectivity index (χ0) is 35.8. The van der Waals surface area contributed by atoms with Crippen molar-refractivity contribution in [2.45, 2.75) is 63.3 Å². The average molecular weight is 701 g/mol. The number of rotatable bonds is 8. The number of aromatic nitrogens is 3. The molecular formula is C39H40N8O5. The summed E-state index contributed by atoms with van der Waals surface area (Å²) in [6.07, 6.45) is 11.2. The summed E-state index contributed by atoms with van der Waals surface area (Å²) >= 11 is 0. The number of nitrogens with one attached hydrogen (secondary N) is 3. The molecule has 3 N–H and O–H groups in total. The minimum absolute atomic E-state index is 0.0212. The van der Waals surface area contributed by atoms with Crippen molar-refractivity contribution in [3.63, 3.8) is 0 Å². The van der Waals surface area contributed by atoms with Crippen LogP contribution >= 0.6 is 0 Å². The Morgan fingerprint density at radius 1 is 1.00 bits per heavy atom. The summed E-state index contributed by atoms with van der Waals surface area (Å²) in [4.78, 5) is 68.8. The molecule has 2 atom stereocenters. The van der Waals surface area contributed by atoms with Gasteiger partial charge in [0.25, 0.3) is 11.8 Å². The molecule has 0 aliphatic carbocycles. The van der Waals surface area contributed by atoms with E-state index < -0.39 is 11.9 Å². The van der Waals surface area contributed by atoms with Crippen LogP contribution in [-0.4, -0.2) is 87.2 Å². The standard InChI is InChI=1S/C39H40N8O5/c1-45-15-3-8-32(45)31-19-26-22-40-34(20-30(26)42-31)43-37(49)25-9-11-35(41-21-25)46-16-13-27(14-17-46)52-18-4-6-24-5-2-7-28-29(24)23-47(39(28)51)33-10-12-36(48)44-38(33)50/h2,5-7,9,11,18-22,27,32-33,42H,3,8,10,12-17,23H2,1H3,(H,40,43,49)(H,44,48,50)/t4?,32-,33?/m1/s1. The summed E-state index contributed by atoms with van der Waals surface area (Å²) < 4.78 is 6.00. The maximum Gasteiger partial charge on any atom is 0.258 e. The second-order valence-electron chi connectivity index (χ2n) is 13.9. The fourth-order valence-electron chi connectivity index (χ4n) is 7.72. The van der Waals surface area contributed by atoms with Gasteiger partial charge in [-0.1, -0.05) is 17.9 Å². The predicted octanol–water partition coefficient (Wildman–Crippen LogP) is 4.55. The summed E-state index contributed by atoms with van der Waals surface area (Å²) in [5, 5.41) is 6.27. The summed E-state index contributed by atoms with van der Waals surface area (Å²) in [6.45, 7) is 2.90. The smallest absolute Gasteiger partial charge is 0.258 e. The molecule has 8 rings (SSSR count). The monoisotopic (exact) mass is 700 g/mol. The van der Waals surface area contributed by atoms with E-state index in [4.69, 9.17) is 4.74 Å². The lowest BCUT2D eigenvalue weighted by molar-refractivity contribution is -0.136. The first-order valence-corrected chi connectivity index (χ1v) is 17.8. The summed E-state index contributed by atoms with van der Waals surface area (Å²) in [7, 11) is 2.15. The van der Waals surface area contributed by atoms with Gasteiger partial charge in [-0.3, -0.25) is 29.4 Å². The highest BCUT2D eigenvalue weighted by Gasteiger charge is 2.39. The molecule has 4 amide bonds. The van der Waals surface area contributed by atoms with Gasteiger partial charge in [0.2, 0.25) is 11.8 Å². The zero-order valence-corrected chi connectivity index (χ0v) is 28.9. The maximum atomic E-state index is 13.1. The number of benzene rings is 1. The van der Waals surface area contributed by atoms with Crippen LogP contribution in [0.1, 0.15) is 82.1 Å². The number of fused-ring (bicyclic) bond motifs is 2. The third-order valence-electron chi connectivity index (χ3n) is 10.6. The first-order valence-electron chi connectivity index (χ1n) is 17.8. The van der Waals surface area contributed by atoms with Crippen LogP contribution in [0.2, 0.25) is 0 Å².